The maximum Gasteiger partial charge on any atom is 0.306 e. The molecule has 1 heterocycles. The van der Waals surface area contributed by atoms with Crippen molar-refractivity contribution >= 4 is 41.3 Å². The van der Waals surface area contributed by atoms with Gasteiger partial charge in [0.15, 0.2) is 16.6 Å². The van der Waals surface area contributed by atoms with E-state index >= 15 is 0 Å². The minimum absolute atomic E-state index is 0.00753. The predicted octanol–water partition coefficient (Wildman–Crippen LogP) is 11.1. The van der Waals surface area contributed by atoms with Crippen LogP contribution in [-0.4, -0.2) is 79.3 Å². The Morgan fingerprint density at radius 3 is 1.77 bits per heavy atom. The van der Waals surface area contributed by atoms with Gasteiger partial charge in [-0.3, -0.25) is 4.79 Å². The molecule has 10 heteroatoms. The van der Waals surface area contributed by atoms with Gasteiger partial charge in [-0.2, -0.15) is 0 Å². The number of ether oxygens (including phenoxy) is 2. The molecule has 1 aliphatic rings. The van der Waals surface area contributed by atoms with E-state index in [1.165, 1.54) is 10.4 Å². The van der Waals surface area contributed by atoms with Crippen LogP contribution in [0, 0.1) is 11.8 Å². The summed E-state index contributed by atoms with van der Waals surface area (Å²) in [6, 6.07) is 21.5. The summed E-state index contributed by atoms with van der Waals surface area (Å²) in [5.74, 6) is -0.0611. The van der Waals surface area contributed by atoms with Crippen LogP contribution in [0.15, 0.2) is 98.1 Å². The molecule has 8 atom stereocenters. The third-order valence-electron chi connectivity index (χ3n) is 13.1. The summed E-state index contributed by atoms with van der Waals surface area (Å²) in [7, 11) is -7.29. The Labute approximate surface area is 368 Å². The highest BCUT2D eigenvalue weighted by Gasteiger charge is 2.51. The molecular weight excluding hydrogens is 797 g/mol. The Kier molecular flexibility index (Phi) is 18.4. The summed E-state index contributed by atoms with van der Waals surface area (Å²) >= 11 is 0. The van der Waals surface area contributed by atoms with Gasteiger partial charge >= 0.3 is 5.97 Å². The van der Waals surface area contributed by atoms with Crippen LogP contribution in [0.25, 0.3) is 0 Å². The topological polar surface area (TPSA) is 86.8 Å². The smallest absolute Gasteiger partial charge is 0.306 e. The van der Waals surface area contributed by atoms with E-state index in [9.17, 15) is 9.90 Å². The van der Waals surface area contributed by atoms with E-state index in [0.717, 1.165) is 6.42 Å². The summed E-state index contributed by atoms with van der Waals surface area (Å²) in [6.07, 6.45) is 6.58. The number of esters is 1. The van der Waals surface area contributed by atoms with Gasteiger partial charge in [-0.05, 0) is 76.4 Å². The van der Waals surface area contributed by atoms with Gasteiger partial charge in [0.25, 0.3) is 8.32 Å². The van der Waals surface area contributed by atoms with Crippen LogP contribution in [0.4, 0.5) is 0 Å². The molecule has 0 aliphatic carbocycles. The number of allylic oxidation sites excluding steroid dienone is 1. The zero-order valence-corrected chi connectivity index (χ0v) is 43.0. The fourth-order valence-corrected chi connectivity index (χ4v) is 14.6. The molecule has 0 amide bonds. The first-order valence-electron chi connectivity index (χ1n) is 22.2. The third-order valence-corrected chi connectivity index (χ3v) is 27.0. The number of hydrogen-bond acceptors (Lipinski definition) is 7. The maximum atomic E-state index is 13.7. The van der Waals surface area contributed by atoms with Crippen LogP contribution in [-0.2, 0) is 27.5 Å². The number of hydrogen-bond donors (Lipinski definition) is 1. The SMILES string of the molecule is C=CC[C@H](C)CC(=O)O[C@@H](C[C@@H]1O[C@H]1/C=C/[C@H](O)[C@H](C=C)O[Si](C)(C)C(C)(C)C)[C@H](C[C@@H](C)CO[Si](c1ccccc1)(c1ccccc1)C(C)(C)C)O[Si](C)(C)C(C)(C)C. The minimum atomic E-state index is -2.78. The second-order valence-electron chi connectivity index (χ2n) is 21.4. The zero-order chi connectivity index (χ0) is 45.3. The lowest BCUT2D eigenvalue weighted by Crippen LogP contribution is -2.66. The standard InChI is InChI=1S/C50H82O7Si3/c1-18-26-37(3)34-47(52)55-45(35-44-43(54-44)32-31-41(51)42(19-2)56-58(14,15)48(5,6)7)46(57-59(16,17)49(8,9)10)33-38(4)36-53-60(50(11,12)13,39-27-22-20-23-28-39)40-29-24-21-25-30-40/h18-25,27-32,37-38,41-46,51H,1-2,26,33-36H2,3-17H3/b32-31+/t37-,38+,41-,42-,43-,44-,45-,46-/m0/s1. The second kappa shape index (κ2) is 21.3. The van der Waals surface area contributed by atoms with Crippen LogP contribution in [0.1, 0.15) is 102 Å². The number of epoxide rings is 1. The number of aliphatic hydroxyl groups excluding tert-OH is 1. The molecule has 2 aromatic carbocycles. The van der Waals surface area contributed by atoms with E-state index in [2.05, 4.69) is 169 Å². The lowest BCUT2D eigenvalue weighted by atomic mass is 9.97. The first-order chi connectivity index (χ1) is 27.7. The number of rotatable bonds is 23. The van der Waals surface area contributed by atoms with Gasteiger partial charge in [-0.1, -0.05) is 161 Å². The Hall–Kier alpha value is -2.42. The molecule has 336 valence electrons. The zero-order valence-electron chi connectivity index (χ0n) is 40.0. The Balaban J connectivity index is 1.96. The van der Waals surface area contributed by atoms with E-state index in [-0.39, 0.29) is 51.2 Å². The van der Waals surface area contributed by atoms with Crippen molar-refractivity contribution in [1.29, 1.82) is 0 Å². The van der Waals surface area contributed by atoms with Gasteiger partial charge in [0.1, 0.15) is 18.3 Å². The summed E-state index contributed by atoms with van der Waals surface area (Å²) in [4.78, 5) is 13.7. The van der Waals surface area contributed by atoms with Crippen LogP contribution in [0.3, 0.4) is 0 Å². The highest BCUT2D eigenvalue weighted by Crippen LogP contribution is 2.42. The molecule has 0 radical (unpaired) electrons. The summed E-state index contributed by atoms with van der Waals surface area (Å²) < 4.78 is 33.9. The van der Waals surface area contributed by atoms with Crippen molar-refractivity contribution in [2.24, 2.45) is 11.8 Å². The molecule has 0 unspecified atom stereocenters. The lowest BCUT2D eigenvalue weighted by molar-refractivity contribution is -0.157. The Morgan fingerprint density at radius 2 is 1.30 bits per heavy atom. The van der Waals surface area contributed by atoms with Crippen LogP contribution in [0.5, 0.6) is 0 Å². The Morgan fingerprint density at radius 1 is 0.783 bits per heavy atom. The summed E-state index contributed by atoms with van der Waals surface area (Å²) in [5, 5.41) is 13.5. The first kappa shape index (κ1) is 51.9. The monoisotopic (exact) mass is 879 g/mol. The number of carbonyl (C=O) groups excluding carboxylic acids is 1. The fourth-order valence-electron chi connectivity index (χ4n) is 7.32. The molecule has 0 saturated carbocycles. The number of benzene rings is 2. The van der Waals surface area contributed by atoms with Crippen molar-refractivity contribution in [3.05, 3.63) is 98.1 Å². The number of aliphatic hydroxyl groups is 1. The molecule has 3 rings (SSSR count). The first-order valence-corrected chi connectivity index (χ1v) is 30.0. The summed E-state index contributed by atoms with van der Waals surface area (Å²) in [5.41, 5.74) is 0. The molecular formula is C50H82O7Si3. The van der Waals surface area contributed by atoms with Gasteiger partial charge in [0.2, 0.25) is 0 Å². The van der Waals surface area contributed by atoms with E-state index < -0.39 is 43.3 Å². The van der Waals surface area contributed by atoms with Crippen molar-refractivity contribution in [3.8, 4) is 0 Å². The van der Waals surface area contributed by atoms with E-state index in [4.69, 9.17) is 22.8 Å². The lowest BCUT2D eigenvalue weighted by Gasteiger charge is -2.44. The van der Waals surface area contributed by atoms with Gasteiger partial charge < -0.3 is 27.9 Å². The Bertz CT molecular complexity index is 1630. The van der Waals surface area contributed by atoms with Crippen LogP contribution >= 0.6 is 0 Å². The van der Waals surface area contributed by atoms with Crippen LogP contribution < -0.4 is 10.4 Å². The van der Waals surface area contributed by atoms with E-state index in [1.807, 2.05) is 19.1 Å². The van der Waals surface area contributed by atoms with Crippen molar-refractivity contribution in [3.63, 3.8) is 0 Å². The van der Waals surface area contributed by atoms with Gasteiger partial charge in [-0.15, -0.1) is 13.2 Å². The molecule has 7 nitrogen and oxygen atoms in total. The molecule has 1 saturated heterocycles. The minimum Gasteiger partial charge on any atom is -0.460 e. The molecule has 0 bridgehead atoms. The average Bonchev–Trinajstić information content (AvgIpc) is 3.89. The highest BCUT2D eigenvalue weighted by molar-refractivity contribution is 6.99. The van der Waals surface area contributed by atoms with E-state index in [0.29, 0.717) is 25.9 Å². The fraction of sp³-hybridized carbons (Fsp3) is 0.620. The average molecular weight is 879 g/mol. The largest absolute Gasteiger partial charge is 0.460 e. The van der Waals surface area contributed by atoms with Crippen molar-refractivity contribution in [1.82, 2.24) is 0 Å². The van der Waals surface area contributed by atoms with Crippen molar-refractivity contribution in [2.75, 3.05) is 6.61 Å². The normalized spacial score (nSPS) is 19.9. The quantitative estimate of drug-likeness (QED) is 0.0515. The highest BCUT2D eigenvalue weighted by atomic mass is 28.4. The maximum absolute atomic E-state index is 13.7. The van der Waals surface area contributed by atoms with E-state index in [1.54, 1.807) is 12.2 Å². The molecule has 1 N–H and O–H groups in total. The molecule has 2 aromatic rings. The molecule has 1 fully saturated rings. The second-order valence-corrected chi connectivity index (χ2v) is 35.2. The van der Waals surface area contributed by atoms with Crippen molar-refractivity contribution < 1.29 is 32.7 Å². The van der Waals surface area contributed by atoms with Gasteiger partial charge in [0, 0.05) is 19.4 Å². The third kappa shape index (κ3) is 14.0. The van der Waals surface area contributed by atoms with Gasteiger partial charge in [0.05, 0.1) is 18.3 Å². The summed E-state index contributed by atoms with van der Waals surface area (Å²) in [6.45, 7) is 41.7. The molecule has 0 spiro atoms. The van der Waals surface area contributed by atoms with Crippen LogP contribution in [0.2, 0.25) is 41.3 Å². The predicted molar refractivity (Wildman–Crippen MR) is 259 cm³/mol. The molecule has 60 heavy (non-hydrogen) atoms. The number of carbonyl (C=O) groups is 1. The van der Waals surface area contributed by atoms with Gasteiger partial charge in [-0.25, -0.2) is 0 Å². The molecule has 1 aliphatic heterocycles. The van der Waals surface area contributed by atoms with Crippen molar-refractivity contribution in [2.45, 2.75) is 180 Å². The molecule has 0 aromatic heterocycles.